The highest BCUT2D eigenvalue weighted by molar-refractivity contribution is 6.17. The average Bonchev–Trinajstić information content (AvgIpc) is 2.08. The Hall–Kier alpha value is -0.280. The van der Waals surface area contributed by atoms with Crippen molar-refractivity contribution < 1.29 is 4.79 Å². The van der Waals surface area contributed by atoms with E-state index < -0.39 is 0 Å². The molecular weight excluding hydrogens is 188 g/mol. The molecule has 0 radical (unpaired) electrons. The zero-order valence-corrected chi connectivity index (χ0v) is 9.23. The molecule has 0 heterocycles. The molecule has 0 aromatic rings. The first-order valence-electron chi connectivity index (χ1n) is 4.64. The number of amides is 1. The van der Waals surface area contributed by atoms with Crippen LogP contribution in [0.5, 0.6) is 0 Å². The maximum Gasteiger partial charge on any atom is 0.220 e. The molecule has 0 aromatic carbocycles. The Labute approximate surface area is 85.4 Å². The molecule has 1 N–H and O–H groups in total. The minimum Gasteiger partial charge on any atom is -0.356 e. The van der Waals surface area contributed by atoms with Crippen molar-refractivity contribution in [3.8, 4) is 0 Å². The van der Waals surface area contributed by atoms with Crippen LogP contribution < -0.4 is 5.32 Å². The minimum atomic E-state index is 0.111. The van der Waals surface area contributed by atoms with E-state index in [2.05, 4.69) is 10.2 Å². The van der Waals surface area contributed by atoms with E-state index in [1.54, 1.807) is 0 Å². The zero-order chi connectivity index (χ0) is 10.1. The molecule has 13 heavy (non-hydrogen) atoms. The molecule has 3 nitrogen and oxygen atoms in total. The summed E-state index contributed by atoms with van der Waals surface area (Å²) in [5.41, 5.74) is 0. The zero-order valence-electron chi connectivity index (χ0n) is 8.48. The Morgan fingerprint density at radius 1 is 1.38 bits per heavy atom. The topological polar surface area (TPSA) is 32.3 Å². The lowest BCUT2D eigenvalue weighted by Gasteiger charge is -2.09. The minimum absolute atomic E-state index is 0.111. The first-order chi connectivity index (χ1) is 6.16. The van der Waals surface area contributed by atoms with Gasteiger partial charge < -0.3 is 10.2 Å². The van der Waals surface area contributed by atoms with Gasteiger partial charge in [-0.05, 0) is 33.5 Å². The Morgan fingerprint density at radius 3 is 2.62 bits per heavy atom. The van der Waals surface area contributed by atoms with Crippen LogP contribution in [0.15, 0.2) is 0 Å². The number of nitrogens with one attached hydrogen (secondary N) is 1. The highest BCUT2D eigenvalue weighted by atomic mass is 35.5. The Kier molecular flexibility index (Phi) is 8.14. The van der Waals surface area contributed by atoms with Crippen LogP contribution in [0.25, 0.3) is 0 Å². The number of carbonyl (C=O) groups excluding carboxylic acids is 1. The SMILES string of the molecule is CN(C)CCCNC(=O)CCCCl. The molecule has 0 bridgehead atoms. The maximum absolute atomic E-state index is 11.1. The number of alkyl halides is 1. The molecule has 0 aliphatic rings. The normalized spacial score (nSPS) is 10.5. The standard InChI is InChI=1S/C9H19ClN2O/c1-12(2)8-4-7-11-9(13)5-3-6-10/h3-8H2,1-2H3,(H,11,13). The molecular formula is C9H19ClN2O. The van der Waals surface area contributed by atoms with Crippen molar-refractivity contribution in [2.24, 2.45) is 0 Å². The second-order valence-electron chi connectivity index (χ2n) is 3.30. The molecule has 0 aliphatic carbocycles. The molecule has 0 saturated heterocycles. The van der Waals surface area contributed by atoms with Gasteiger partial charge in [-0.2, -0.15) is 0 Å². The predicted molar refractivity (Wildman–Crippen MR) is 56.1 cm³/mol. The molecule has 78 valence electrons. The fourth-order valence-electron chi connectivity index (χ4n) is 0.939. The van der Waals surface area contributed by atoms with Gasteiger partial charge in [-0.25, -0.2) is 0 Å². The van der Waals surface area contributed by atoms with Gasteiger partial charge in [-0.1, -0.05) is 0 Å². The van der Waals surface area contributed by atoms with Crippen LogP contribution in [0.1, 0.15) is 19.3 Å². The van der Waals surface area contributed by atoms with E-state index in [1.807, 2.05) is 14.1 Å². The van der Waals surface area contributed by atoms with Gasteiger partial charge in [-0.3, -0.25) is 4.79 Å². The third-order valence-corrected chi connectivity index (χ3v) is 1.91. The smallest absolute Gasteiger partial charge is 0.220 e. The molecule has 0 unspecified atom stereocenters. The number of nitrogens with zero attached hydrogens (tertiary/aromatic N) is 1. The maximum atomic E-state index is 11.1. The van der Waals surface area contributed by atoms with E-state index in [-0.39, 0.29) is 5.91 Å². The van der Waals surface area contributed by atoms with Crippen molar-refractivity contribution in [2.75, 3.05) is 33.1 Å². The van der Waals surface area contributed by atoms with E-state index in [4.69, 9.17) is 11.6 Å². The molecule has 4 heteroatoms. The summed E-state index contributed by atoms with van der Waals surface area (Å²) in [6.45, 7) is 1.77. The monoisotopic (exact) mass is 206 g/mol. The van der Waals surface area contributed by atoms with Crippen molar-refractivity contribution in [1.82, 2.24) is 10.2 Å². The fourth-order valence-corrected chi connectivity index (χ4v) is 1.07. The summed E-state index contributed by atoms with van der Waals surface area (Å²) in [5, 5.41) is 2.85. The highest BCUT2D eigenvalue weighted by Crippen LogP contribution is 1.91. The van der Waals surface area contributed by atoms with Crippen LogP contribution >= 0.6 is 11.6 Å². The van der Waals surface area contributed by atoms with Gasteiger partial charge in [0.2, 0.25) is 5.91 Å². The molecule has 0 spiro atoms. The summed E-state index contributed by atoms with van der Waals surface area (Å²) in [4.78, 5) is 13.2. The van der Waals surface area contributed by atoms with E-state index in [0.29, 0.717) is 12.3 Å². The largest absolute Gasteiger partial charge is 0.356 e. The molecule has 0 saturated carbocycles. The molecule has 1 amide bonds. The molecule has 0 aliphatic heterocycles. The summed E-state index contributed by atoms with van der Waals surface area (Å²) in [5.74, 6) is 0.671. The van der Waals surface area contributed by atoms with Gasteiger partial charge in [-0.15, -0.1) is 11.6 Å². The van der Waals surface area contributed by atoms with Crippen LogP contribution in [0.3, 0.4) is 0 Å². The fraction of sp³-hybridized carbons (Fsp3) is 0.889. The van der Waals surface area contributed by atoms with E-state index >= 15 is 0 Å². The van der Waals surface area contributed by atoms with E-state index in [9.17, 15) is 4.79 Å². The van der Waals surface area contributed by atoms with Crippen molar-refractivity contribution in [3.63, 3.8) is 0 Å². The summed E-state index contributed by atoms with van der Waals surface area (Å²) in [7, 11) is 4.05. The summed E-state index contributed by atoms with van der Waals surface area (Å²) >= 11 is 5.46. The number of carbonyl (C=O) groups is 1. The van der Waals surface area contributed by atoms with Gasteiger partial charge in [0.1, 0.15) is 0 Å². The molecule has 0 aromatic heterocycles. The average molecular weight is 207 g/mol. The molecule has 0 atom stereocenters. The van der Waals surface area contributed by atoms with Crippen molar-refractivity contribution in [3.05, 3.63) is 0 Å². The second kappa shape index (κ2) is 8.32. The van der Waals surface area contributed by atoms with Crippen LogP contribution in [0.4, 0.5) is 0 Å². The predicted octanol–water partition coefficient (Wildman–Crippen LogP) is 1.07. The summed E-state index contributed by atoms with van der Waals surface area (Å²) < 4.78 is 0. The van der Waals surface area contributed by atoms with Gasteiger partial charge in [0.25, 0.3) is 0 Å². The van der Waals surface area contributed by atoms with Crippen LogP contribution in [-0.4, -0.2) is 43.9 Å². The summed E-state index contributed by atoms with van der Waals surface area (Å²) in [6, 6.07) is 0. The number of hydrogen-bond donors (Lipinski definition) is 1. The van der Waals surface area contributed by atoms with Crippen molar-refractivity contribution >= 4 is 17.5 Å². The first kappa shape index (κ1) is 12.7. The molecule has 0 fully saturated rings. The number of rotatable bonds is 7. The lowest BCUT2D eigenvalue weighted by molar-refractivity contribution is -0.121. The Morgan fingerprint density at radius 2 is 2.08 bits per heavy atom. The third kappa shape index (κ3) is 9.64. The van der Waals surface area contributed by atoms with Crippen LogP contribution in [0.2, 0.25) is 0 Å². The van der Waals surface area contributed by atoms with Crippen LogP contribution in [0, 0.1) is 0 Å². The van der Waals surface area contributed by atoms with Gasteiger partial charge >= 0.3 is 0 Å². The van der Waals surface area contributed by atoms with Crippen molar-refractivity contribution in [2.45, 2.75) is 19.3 Å². The molecule has 0 rings (SSSR count). The lowest BCUT2D eigenvalue weighted by atomic mass is 10.3. The van der Waals surface area contributed by atoms with Crippen LogP contribution in [-0.2, 0) is 4.79 Å². The first-order valence-corrected chi connectivity index (χ1v) is 5.17. The van der Waals surface area contributed by atoms with E-state index in [0.717, 1.165) is 25.9 Å². The Bertz CT molecular complexity index is 140. The van der Waals surface area contributed by atoms with Gasteiger partial charge in [0, 0.05) is 18.8 Å². The van der Waals surface area contributed by atoms with Crippen molar-refractivity contribution in [1.29, 1.82) is 0 Å². The quantitative estimate of drug-likeness (QED) is 0.500. The Balaban J connectivity index is 3.17. The number of halogens is 1. The van der Waals surface area contributed by atoms with Gasteiger partial charge in [0.05, 0.1) is 0 Å². The highest BCUT2D eigenvalue weighted by Gasteiger charge is 1.98. The number of hydrogen-bond acceptors (Lipinski definition) is 2. The lowest BCUT2D eigenvalue weighted by Crippen LogP contribution is -2.26. The van der Waals surface area contributed by atoms with E-state index in [1.165, 1.54) is 0 Å². The summed E-state index contributed by atoms with van der Waals surface area (Å²) in [6.07, 6.45) is 2.31. The van der Waals surface area contributed by atoms with Gasteiger partial charge in [0.15, 0.2) is 0 Å². The second-order valence-corrected chi connectivity index (χ2v) is 3.68. The third-order valence-electron chi connectivity index (χ3n) is 1.64.